The largest absolute Gasteiger partial charge is 0.507 e. The molecule has 0 bridgehead atoms. The van der Waals surface area contributed by atoms with E-state index in [1.54, 1.807) is 0 Å². The van der Waals surface area contributed by atoms with Crippen LogP contribution in [0.25, 0.3) is 16.0 Å². The van der Waals surface area contributed by atoms with Crippen LogP contribution >= 0.6 is 11.3 Å². The van der Waals surface area contributed by atoms with Crippen molar-refractivity contribution in [3.05, 3.63) is 129 Å². The average molecular weight is 575 g/mol. The number of rotatable bonds is 6. The van der Waals surface area contributed by atoms with Crippen LogP contribution in [-0.2, 0) is 16.2 Å². The number of aromatic nitrogens is 1. The number of hydrogen-bond donors (Lipinski definition) is 1. The van der Waals surface area contributed by atoms with Crippen LogP contribution in [0.15, 0.2) is 90.5 Å². The Balaban J connectivity index is 1.47. The average Bonchev–Trinajstić information content (AvgIpc) is 3.52. The van der Waals surface area contributed by atoms with Crippen LogP contribution in [0.5, 0.6) is 5.75 Å². The second kappa shape index (κ2) is 10.9. The predicted octanol–water partition coefficient (Wildman–Crippen LogP) is 7.74. The molecule has 42 heavy (non-hydrogen) atoms. The lowest BCUT2D eigenvalue weighted by atomic mass is 9.93. The van der Waals surface area contributed by atoms with Crippen molar-refractivity contribution in [3.63, 3.8) is 0 Å². The Morgan fingerprint density at radius 3 is 2.36 bits per heavy atom. The van der Waals surface area contributed by atoms with Gasteiger partial charge in [0.15, 0.2) is 5.13 Å². The zero-order valence-electron chi connectivity index (χ0n) is 23.8. The molecule has 4 aromatic carbocycles. The van der Waals surface area contributed by atoms with E-state index >= 15 is 0 Å². The molecule has 7 heteroatoms. The van der Waals surface area contributed by atoms with Crippen molar-refractivity contribution in [2.45, 2.75) is 40.3 Å². The van der Waals surface area contributed by atoms with E-state index in [4.69, 9.17) is 9.72 Å². The summed E-state index contributed by atoms with van der Waals surface area (Å²) < 4.78 is 6.91. The van der Waals surface area contributed by atoms with E-state index in [2.05, 4.69) is 0 Å². The van der Waals surface area contributed by atoms with Crippen molar-refractivity contribution in [3.8, 4) is 5.75 Å². The molecule has 6 nitrogen and oxygen atoms in total. The van der Waals surface area contributed by atoms with E-state index in [0.717, 1.165) is 38.0 Å². The number of ketones is 1. The third-order valence-electron chi connectivity index (χ3n) is 7.56. The SMILES string of the molecule is Cc1ccc(C)c(C(O)=C2C(=O)C(=O)N(c3nc4c(C)cc(C)cc4s3)C2c2ccc(OCc3ccccc3)cc2)c1. The molecule has 210 valence electrons. The van der Waals surface area contributed by atoms with Crippen LogP contribution in [0, 0.1) is 27.7 Å². The number of carbonyl (C=O) groups is 2. The summed E-state index contributed by atoms with van der Waals surface area (Å²) in [5, 5.41) is 12.0. The summed E-state index contributed by atoms with van der Waals surface area (Å²) in [5.41, 5.74) is 6.90. The maximum absolute atomic E-state index is 13.7. The zero-order chi connectivity index (χ0) is 29.5. The van der Waals surface area contributed by atoms with Crippen molar-refractivity contribution in [1.29, 1.82) is 0 Å². The fourth-order valence-electron chi connectivity index (χ4n) is 5.43. The number of Topliss-reactive ketones (excluding diaryl/α,β-unsaturated/α-hetero) is 1. The van der Waals surface area contributed by atoms with Crippen molar-refractivity contribution in [2.24, 2.45) is 0 Å². The maximum Gasteiger partial charge on any atom is 0.301 e. The Hall–Kier alpha value is -4.75. The molecule has 1 atom stereocenters. The van der Waals surface area contributed by atoms with E-state index < -0.39 is 17.7 Å². The van der Waals surface area contributed by atoms with Gasteiger partial charge in [-0.1, -0.05) is 77.6 Å². The summed E-state index contributed by atoms with van der Waals surface area (Å²) in [4.78, 5) is 33.7. The second-order valence-electron chi connectivity index (χ2n) is 10.8. The minimum Gasteiger partial charge on any atom is -0.507 e. The van der Waals surface area contributed by atoms with Gasteiger partial charge in [-0.05, 0) is 79.8 Å². The van der Waals surface area contributed by atoms with Crippen LogP contribution in [0.1, 0.15) is 45.0 Å². The van der Waals surface area contributed by atoms with Crippen LogP contribution in [0.2, 0.25) is 0 Å². The molecule has 1 aliphatic rings. The number of benzene rings is 4. The molecule has 1 amide bonds. The van der Waals surface area contributed by atoms with E-state index in [-0.39, 0.29) is 11.3 Å². The third kappa shape index (κ3) is 4.97. The van der Waals surface area contributed by atoms with Gasteiger partial charge in [-0.2, -0.15) is 0 Å². The van der Waals surface area contributed by atoms with Crippen molar-refractivity contribution in [2.75, 3.05) is 4.90 Å². The van der Waals surface area contributed by atoms with Gasteiger partial charge in [0.1, 0.15) is 18.1 Å². The van der Waals surface area contributed by atoms with Gasteiger partial charge in [0, 0.05) is 5.56 Å². The summed E-state index contributed by atoms with van der Waals surface area (Å²) in [7, 11) is 0. The lowest BCUT2D eigenvalue weighted by molar-refractivity contribution is -0.132. The van der Waals surface area contributed by atoms with Gasteiger partial charge in [0.2, 0.25) is 0 Å². The van der Waals surface area contributed by atoms with E-state index in [1.807, 2.05) is 113 Å². The first-order chi connectivity index (χ1) is 20.2. The molecule has 0 spiro atoms. The molecule has 1 aromatic heterocycles. The lowest BCUT2D eigenvalue weighted by Gasteiger charge is -2.23. The van der Waals surface area contributed by atoms with Crippen molar-refractivity contribution < 1.29 is 19.4 Å². The lowest BCUT2D eigenvalue weighted by Crippen LogP contribution is -2.29. The van der Waals surface area contributed by atoms with Gasteiger partial charge >= 0.3 is 5.91 Å². The molecule has 1 aliphatic heterocycles. The van der Waals surface area contributed by atoms with Crippen molar-refractivity contribution >= 4 is 44.1 Å². The van der Waals surface area contributed by atoms with Gasteiger partial charge in [0.05, 0.1) is 21.8 Å². The first kappa shape index (κ1) is 27.4. The van der Waals surface area contributed by atoms with Gasteiger partial charge in [-0.3, -0.25) is 14.5 Å². The Bertz CT molecular complexity index is 1870. The second-order valence-corrected chi connectivity index (χ2v) is 11.8. The van der Waals surface area contributed by atoms with Crippen LogP contribution in [0.4, 0.5) is 5.13 Å². The number of aliphatic hydroxyl groups excluding tert-OH is 1. The van der Waals surface area contributed by atoms with Crippen LogP contribution < -0.4 is 9.64 Å². The Morgan fingerprint density at radius 1 is 0.881 bits per heavy atom. The first-order valence-electron chi connectivity index (χ1n) is 13.7. The van der Waals surface area contributed by atoms with Crippen molar-refractivity contribution in [1.82, 2.24) is 4.98 Å². The number of aryl methyl sites for hydroxylation is 4. The minimum atomic E-state index is -0.866. The molecular weight excluding hydrogens is 544 g/mol. The van der Waals surface area contributed by atoms with Gasteiger partial charge < -0.3 is 9.84 Å². The normalized spacial score (nSPS) is 16.4. The van der Waals surface area contributed by atoms with Crippen LogP contribution in [-0.4, -0.2) is 21.8 Å². The molecule has 5 aromatic rings. The summed E-state index contributed by atoms with van der Waals surface area (Å²) in [6.07, 6.45) is 0. The molecule has 1 N–H and O–H groups in total. The summed E-state index contributed by atoms with van der Waals surface area (Å²) >= 11 is 1.36. The van der Waals surface area contributed by atoms with E-state index in [9.17, 15) is 14.7 Å². The first-order valence-corrected chi connectivity index (χ1v) is 14.6. The number of amides is 1. The third-order valence-corrected chi connectivity index (χ3v) is 8.56. The topological polar surface area (TPSA) is 79.7 Å². The molecular formula is C35H30N2O4S. The molecule has 0 radical (unpaired) electrons. The minimum absolute atomic E-state index is 0.0406. The number of carbonyl (C=O) groups excluding carboxylic acids is 2. The smallest absolute Gasteiger partial charge is 0.301 e. The Kier molecular flexibility index (Phi) is 7.12. The number of ether oxygens (including phenoxy) is 1. The van der Waals surface area contributed by atoms with Gasteiger partial charge in [0.25, 0.3) is 5.78 Å². The summed E-state index contributed by atoms with van der Waals surface area (Å²) in [6.45, 7) is 8.21. The highest BCUT2D eigenvalue weighted by Gasteiger charge is 2.48. The number of thiazole rings is 1. The zero-order valence-corrected chi connectivity index (χ0v) is 24.7. The standard InChI is InChI=1S/C35H30N2O4S/c1-20-10-11-22(3)27(17-20)32(38)29-31(25-12-14-26(15-13-25)41-19-24-8-6-5-7-9-24)37(34(40)33(29)39)35-36-30-23(4)16-21(2)18-28(30)42-35/h5-18,31,38H,19H2,1-4H3. The molecule has 2 heterocycles. The molecule has 0 aliphatic carbocycles. The predicted molar refractivity (Wildman–Crippen MR) is 167 cm³/mol. The number of anilines is 1. The number of nitrogens with zero attached hydrogens (tertiary/aromatic N) is 2. The van der Waals surface area contributed by atoms with Gasteiger partial charge in [-0.25, -0.2) is 4.98 Å². The Morgan fingerprint density at radius 2 is 1.62 bits per heavy atom. The number of aliphatic hydroxyl groups is 1. The molecule has 1 unspecified atom stereocenters. The summed E-state index contributed by atoms with van der Waals surface area (Å²) in [5.74, 6) is -1.00. The molecule has 1 saturated heterocycles. The monoisotopic (exact) mass is 574 g/mol. The van der Waals surface area contributed by atoms with Crippen LogP contribution in [0.3, 0.4) is 0 Å². The van der Waals surface area contributed by atoms with E-state index in [0.29, 0.717) is 28.6 Å². The van der Waals surface area contributed by atoms with Gasteiger partial charge in [-0.15, -0.1) is 0 Å². The fourth-order valence-corrected chi connectivity index (χ4v) is 6.60. The van der Waals surface area contributed by atoms with E-state index in [1.165, 1.54) is 16.2 Å². The number of hydrogen-bond acceptors (Lipinski definition) is 6. The Labute approximate surface area is 248 Å². The fraction of sp³-hybridized carbons (Fsp3) is 0.171. The number of fused-ring (bicyclic) bond motifs is 1. The molecule has 1 fully saturated rings. The molecule has 6 rings (SSSR count). The highest BCUT2D eigenvalue weighted by atomic mass is 32.1. The molecule has 0 saturated carbocycles. The highest BCUT2D eigenvalue weighted by Crippen LogP contribution is 2.45. The summed E-state index contributed by atoms with van der Waals surface area (Å²) in [6, 6.07) is 26.1. The highest BCUT2D eigenvalue weighted by molar-refractivity contribution is 7.22. The maximum atomic E-state index is 13.7. The quantitative estimate of drug-likeness (QED) is 0.128.